The monoisotopic (exact) mass is 446 g/mol. The molecule has 0 spiro atoms. The lowest BCUT2D eigenvalue weighted by molar-refractivity contribution is -0.137. The number of rotatable bonds is 9. The van der Waals surface area contributed by atoms with E-state index in [1.807, 2.05) is 42.6 Å². The van der Waals surface area contributed by atoms with Gasteiger partial charge in [-0.05, 0) is 49.4 Å². The van der Waals surface area contributed by atoms with E-state index in [0.29, 0.717) is 31.0 Å². The lowest BCUT2D eigenvalue weighted by Gasteiger charge is -2.16. The van der Waals surface area contributed by atoms with Crippen molar-refractivity contribution >= 4 is 11.6 Å². The van der Waals surface area contributed by atoms with Gasteiger partial charge >= 0.3 is 6.18 Å². The highest BCUT2D eigenvalue weighted by Gasteiger charge is 2.30. The van der Waals surface area contributed by atoms with Crippen LogP contribution in [0.25, 0.3) is 5.65 Å². The van der Waals surface area contributed by atoms with E-state index >= 15 is 0 Å². The van der Waals surface area contributed by atoms with Crippen LogP contribution in [0, 0.1) is 0 Å². The molecule has 0 saturated carbocycles. The average Bonchev–Trinajstić information content (AvgIpc) is 3.19. The first-order valence-electron chi connectivity index (χ1n) is 10.9. The molecule has 0 aliphatic heterocycles. The summed E-state index contributed by atoms with van der Waals surface area (Å²) in [5.74, 6) is 1.60. The second-order valence-corrected chi connectivity index (χ2v) is 7.65. The minimum absolute atomic E-state index is 0.00565. The highest BCUT2D eigenvalue weighted by atomic mass is 19.4. The van der Waals surface area contributed by atoms with Crippen LogP contribution in [0.5, 0.6) is 0 Å². The predicted molar refractivity (Wildman–Crippen MR) is 120 cm³/mol. The van der Waals surface area contributed by atoms with Crippen molar-refractivity contribution in [3.8, 4) is 0 Å². The summed E-state index contributed by atoms with van der Waals surface area (Å²) >= 11 is 0. The highest BCUT2D eigenvalue weighted by molar-refractivity contribution is 5.79. The standard InChI is InChI=1S/C23H29F3N6/c1-3-27-22(28-13-7-11-21-31-30-20-10-4-5-15-32(20)21)29-14-12-17(2)18-8-6-9-19(16-18)23(24,25)26/h4-6,8-10,15-17H,3,7,11-14H2,1-2H3,(H2,27,28,29). The van der Waals surface area contributed by atoms with Crippen molar-refractivity contribution in [3.05, 3.63) is 65.6 Å². The zero-order valence-corrected chi connectivity index (χ0v) is 18.4. The van der Waals surface area contributed by atoms with Crippen LogP contribution < -0.4 is 10.6 Å². The number of aryl methyl sites for hydroxylation is 1. The number of aromatic nitrogens is 3. The van der Waals surface area contributed by atoms with Crippen LogP contribution in [0.1, 0.15) is 49.6 Å². The van der Waals surface area contributed by atoms with Crippen molar-refractivity contribution in [1.29, 1.82) is 0 Å². The van der Waals surface area contributed by atoms with Crippen molar-refractivity contribution < 1.29 is 13.2 Å². The van der Waals surface area contributed by atoms with E-state index in [-0.39, 0.29) is 5.92 Å². The first-order valence-corrected chi connectivity index (χ1v) is 10.9. The molecule has 0 radical (unpaired) electrons. The Kier molecular flexibility index (Phi) is 8.08. The van der Waals surface area contributed by atoms with Crippen molar-refractivity contribution in [3.63, 3.8) is 0 Å². The van der Waals surface area contributed by atoms with Crippen LogP contribution in [0.15, 0.2) is 53.7 Å². The lowest BCUT2D eigenvalue weighted by Crippen LogP contribution is -2.38. The Morgan fingerprint density at radius 3 is 2.75 bits per heavy atom. The van der Waals surface area contributed by atoms with Gasteiger partial charge in [0.05, 0.1) is 5.56 Å². The molecule has 172 valence electrons. The number of guanidine groups is 1. The zero-order chi connectivity index (χ0) is 23.0. The normalized spacial score (nSPS) is 13.3. The summed E-state index contributed by atoms with van der Waals surface area (Å²) in [6.07, 6.45) is -0.0895. The number of halogens is 3. The molecule has 0 fully saturated rings. The molecule has 2 aromatic heterocycles. The molecular weight excluding hydrogens is 417 g/mol. The van der Waals surface area contributed by atoms with Crippen LogP contribution in [-0.2, 0) is 12.6 Å². The number of alkyl halides is 3. The minimum Gasteiger partial charge on any atom is -0.357 e. The molecule has 1 atom stereocenters. The van der Waals surface area contributed by atoms with Crippen LogP contribution in [0.2, 0.25) is 0 Å². The van der Waals surface area contributed by atoms with Gasteiger partial charge in [-0.1, -0.05) is 31.2 Å². The molecule has 0 aliphatic rings. The van der Waals surface area contributed by atoms with E-state index in [4.69, 9.17) is 0 Å². The Morgan fingerprint density at radius 1 is 1.12 bits per heavy atom. The second kappa shape index (κ2) is 11.0. The molecular formula is C23H29F3N6. The maximum Gasteiger partial charge on any atom is 0.416 e. The SMILES string of the molecule is CCNC(=NCCCc1nnc2ccccn12)NCCC(C)c1cccc(C(F)(F)F)c1. The van der Waals surface area contributed by atoms with E-state index < -0.39 is 11.7 Å². The first kappa shape index (κ1) is 23.6. The molecule has 3 aromatic rings. The number of fused-ring (bicyclic) bond motifs is 1. The third-order valence-corrected chi connectivity index (χ3v) is 5.21. The van der Waals surface area contributed by atoms with E-state index in [1.165, 1.54) is 12.1 Å². The van der Waals surface area contributed by atoms with Gasteiger partial charge in [0.15, 0.2) is 11.6 Å². The molecule has 1 unspecified atom stereocenters. The molecule has 1 aromatic carbocycles. The predicted octanol–water partition coefficient (Wildman–Crippen LogP) is 4.43. The van der Waals surface area contributed by atoms with Crippen LogP contribution >= 0.6 is 0 Å². The number of aliphatic imine (C=N–C) groups is 1. The molecule has 9 heteroatoms. The summed E-state index contributed by atoms with van der Waals surface area (Å²) in [6.45, 7) is 5.89. The quantitative estimate of drug-likeness (QED) is 0.290. The van der Waals surface area contributed by atoms with E-state index in [2.05, 4.69) is 25.8 Å². The number of nitrogens with zero attached hydrogens (tertiary/aromatic N) is 4. The van der Waals surface area contributed by atoms with Crippen molar-refractivity contribution in [2.75, 3.05) is 19.6 Å². The zero-order valence-electron chi connectivity index (χ0n) is 18.4. The summed E-state index contributed by atoms with van der Waals surface area (Å²) in [6, 6.07) is 11.3. The Balaban J connectivity index is 1.48. The number of hydrogen-bond acceptors (Lipinski definition) is 3. The molecule has 6 nitrogen and oxygen atoms in total. The van der Waals surface area contributed by atoms with Gasteiger partial charge in [0.2, 0.25) is 0 Å². The van der Waals surface area contributed by atoms with Crippen molar-refractivity contribution in [1.82, 2.24) is 25.2 Å². The molecule has 0 amide bonds. The molecule has 2 heterocycles. The van der Waals surface area contributed by atoms with E-state index in [9.17, 15) is 13.2 Å². The molecule has 0 bridgehead atoms. The fourth-order valence-corrected chi connectivity index (χ4v) is 3.43. The van der Waals surface area contributed by atoms with Gasteiger partial charge in [0, 0.05) is 32.3 Å². The van der Waals surface area contributed by atoms with Gasteiger partial charge in [0.1, 0.15) is 5.82 Å². The average molecular weight is 447 g/mol. The van der Waals surface area contributed by atoms with Gasteiger partial charge < -0.3 is 10.6 Å². The highest BCUT2D eigenvalue weighted by Crippen LogP contribution is 2.31. The summed E-state index contributed by atoms with van der Waals surface area (Å²) < 4.78 is 40.8. The number of nitrogens with one attached hydrogen (secondary N) is 2. The lowest BCUT2D eigenvalue weighted by atomic mass is 9.96. The van der Waals surface area contributed by atoms with E-state index in [0.717, 1.165) is 36.9 Å². The first-order chi connectivity index (χ1) is 15.4. The third-order valence-electron chi connectivity index (χ3n) is 5.21. The van der Waals surface area contributed by atoms with Crippen molar-refractivity contribution in [2.45, 2.75) is 45.2 Å². The largest absolute Gasteiger partial charge is 0.416 e. The number of hydrogen-bond donors (Lipinski definition) is 2. The maximum absolute atomic E-state index is 12.9. The fraction of sp³-hybridized carbons (Fsp3) is 0.435. The summed E-state index contributed by atoms with van der Waals surface area (Å²) in [4.78, 5) is 4.60. The van der Waals surface area contributed by atoms with Crippen LogP contribution in [0.3, 0.4) is 0 Å². The topological polar surface area (TPSA) is 66.6 Å². The molecule has 0 aliphatic carbocycles. The van der Waals surface area contributed by atoms with Gasteiger partial charge in [-0.25, -0.2) is 0 Å². The minimum atomic E-state index is -4.32. The van der Waals surface area contributed by atoms with Gasteiger partial charge in [0.25, 0.3) is 0 Å². The third kappa shape index (κ3) is 6.45. The van der Waals surface area contributed by atoms with Crippen molar-refractivity contribution in [2.24, 2.45) is 4.99 Å². The number of pyridine rings is 1. The molecule has 0 saturated heterocycles. The summed E-state index contributed by atoms with van der Waals surface area (Å²) in [5, 5.41) is 14.9. The molecule has 2 N–H and O–H groups in total. The Morgan fingerprint density at radius 2 is 1.97 bits per heavy atom. The Labute approximate surface area is 186 Å². The second-order valence-electron chi connectivity index (χ2n) is 7.65. The molecule has 3 rings (SSSR count). The van der Waals surface area contributed by atoms with Crippen LogP contribution in [-0.4, -0.2) is 40.2 Å². The number of benzene rings is 1. The summed E-state index contributed by atoms with van der Waals surface area (Å²) in [7, 11) is 0. The Hall–Kier alpha value is -3.10. The van der Waals surface area contributed by atoms with E-state index in [1.54, 1.807) is 6.07 Å². The maximum atomic E-state index is 12.9. The van der Waals surface area contributed by atoms with Gasteiger partial charge in [-0.2, -0.15) is 13.2 Å². The van der Waals surface area contributed by atoms with Gasteiger partial charge in [-0.15, -0.1) is 10.2 Å². The fourth-order valence-electron chi connectivity index (χ4n) is 3.43. The van der Waals surface area contributed by atoms with Crippen LogP contribution in [0.4, 0.5) is 13.2 Å². The van der Waals surface area contributed by atoms with Gasteiger partial charge in [-0.3, -0.25) is 9.39 Å². The summed E-state index contributed by atoms with van der Waals surface area (Å²) in [5.41, 5.74) is 0.908. The Bertz CT molecular complexity index is 1030. The smallest absolute Gasteiger partial charge is 0.357 e. The molecule has 32 heavy (non-hydrogen) atoms.